The van der Waals surface area contributed by atoms with Gasteiger partial charge in [0.1, 0.15) is 5.78 Å². The van der Waals surface area contributed by atoms with Gasteiger partial charge in [0.25, 0.3) is 0 Å². The molecule has 1 saturated carbocycles. The van der Waals surface area contributed by atoms with Crippen molar-refractivity contribution < 1.29 is 4.79 Å². The lowest BCUT2D eigenvalue weighted by Gasteiger charge is -2.29. The third-order valence-corrected chi connectivity index (χ3v) is 4.20. The molecule has 0 saturated heterocycles. The third kappa shape index (κ3) is 3.39. The van der Waals surface area contributed by atoms with Crippen LogP contribution in [0.4, 0.5) is 0 Å². The van der Waals surface area contributed by atoms with Crippen molar-refractivity contribution in [3.63, 3.8) is 0 Å². The first-order valence-electron chi connectivity index (χ1n) is 6.53. The summed E-state index contributed by atoms with van der Waals surface area (Å²) in [5.74, 6) is 0.860. The highest BCUT2D eigenvalue weighted by Gasteiger charge is 2.29. The zero-order valence-corrected chi connectivity index (χ0v) is 12.0. The fourth-order valence-corrected chi connectivity index (χ4v) is 3.21. The summed E-state index contributed by atoms with van der Waals surface area (Å²) in [5.41, 5.74) is 6.76. The van der Waals surface area contributed by atoms with Crippen LogP contribution >= 0.6 is 15.9 Å². The summed E-state index contributed by atoms with van der Waals surface area (Å²) in [5, 5.41) is 0. The standard InChI is InChI=1S/C14H19BrN2O/c15-12-5-10(8-17-9-12)6-14(18)13-4-2-1-3-11(13)7-16/h5,8-9,11,13H,1-4,6-7,16H2. The lowest BCUT2D eigenvalue weighted by atomic mass is 9.76. The van der Waals surface area contributed by atoms with Gasteiger partial charge in [-0.05, 0) is 52.9 Å². The Morgan fingerprint density at radius 3 is 2.89 bits per heavy atom. The first-order valence-corrected chi connectivity index (χ1v) is 7.32. The lowest BCUT2D eigenvalue weighted by Crippen LogP contribution is -2.33. The van der Waals surface area contributed by atoms with E-state index in [1.165, 1.54) is 6.42 Å². The van der Waals surface area contributed by atoms with E-state index in [4.69, 9.17) is 5.73 Å². The van der Waals surface area contributed by atoms with Gasteiger partial charge >= 0.3 is 0 Å². The van der Waals surface area contributed by atoms with E-state index in [1.807, 2.05) is 6.07 Å². The van der Waals surface area contributed by atoms with Crippen molar-refractivity contribution in [3.8, 4) is 0 Å². The quantitative estimate of drug-likeness (QED) is 0.930. The lowest BCUT2D eigenvalue weighted by molar-refractivity contribution is -0.124. The maximum Gasteiger partial charge on any atom is 0.140 e. The molecule has 1 aromatic rings. The molecule has 18 heavy (non-hydrogen) atoms. The molecule has 0 radical (unpaired) electrons. The molecule has 4 heteroatoms. The number of nitrogens with two attached hydrogens (primary N) is 1. The summed E-state index contributed by atoms with van der Waals surface area (Å²) in [6, 6.07) is 1.96. The molecule has 98 valence electrons. The number of halogens is 1. The number of carbonyl (C=O) groups is 1. The van der Waals surface area contributed by atoms with Crippen LogP contribution in [0.2, 0.25) is 0 Å². The van der Waals surface area contributed by atoms with Crippen LogP contribution in [0.25, 0.3) is 0 Å². The minimum absolute atomic E-state index is 0.155. The molecule has 1 aliphatic rings. The summed E-state index contributed by atoms with van der Waals surface area (Å²) in [6.07, 6.45) is 8.45. The van der Waals surface area contributed by atoms with Crippen molar-refractivity contribution in [2.24, 2.45) is 17.6 Å². The SMILES string of the molecule is NCC1CCCCC1C(=O)Cc1cncc(Br)c1. The average Bonchev–Trinajstić information content (AvgIpc) is 2.38. The molecule has 2 rings (SSSR count). The van der Waals surface area contributed by atoms with Gasteiger partial charge in [-0.2, -0.15) is 0 Å². The normalized spacial score (nSPS) is 23.9. The Morgan fingerprint density at radius 1 is 1.39 bits per heavy atom. The summed E-state index contributed by atoms with van der Waals surface area (Å²) in [6.45, 7) is 0.632. The Labute approximate surface area is 116 Å². The van der Waals surface area contributed by atoms with E-state index in [2.05, 4.69) is 20.9 Å². The Balaban J connectivity index is 2.02. The van der Waals surface area contributed by atoms with Gasteiger partial charge in [-0.3, -0.25) is 9.78 Å². The first kappa shape index (κ1) is 13.7. The molecule has 2 unspecified atom stereocenters. The zero-order chi connectivity index (χ0) is 13.0. The fourth-order valence-electron chi connectivity index (χ4n) is 2.80. The third-order valence-electron chi connectivity index (χ3n) is 3.77. The second kappa shape index (κ2) is 6.43. The Kier molecular flexibility index (Phi) is 4.89. The monoisotopic (exact) mass is 310 g/mol. The van der Waals surface area contributed by atoms with E-state index in [-0.39, 0.29) is 5.92 Å². The van der Waals surface area contributed by atoms with Crippen molar-refractivity contribution in [3.05, 3.63) is 28.5 Å². The topological polar surface area (TPSA) is 56.0 Å². The van der Waals surface area contributed by atoms with Crippen LogP contribution in [0.3, 0.4) is 0 Å². The minimum Gasteiger partial charge on any atom is -0.330 e. The number of hydrogen-bond donors (Lipinski definition) is 1. The number of pyridine rings is 1. The molecule has 0 aromatic carbocycles. The molecule has 1 heterocycles. The molecule has 1 fully saturated rings. The van der Waals surface area contributed by atoms with Crippen LogP contribution in [-0.4, -0.2) is 17.3 Å². The van der Waals surface area contributed by atoms with Gasteiger partial charge < -0.3 is 5.73 Å². The predicted octanol–water partition coefficient (Wildman–Crippen LogP) is 2.72. The van der Waals surface area contributed by atoms with Gasteiger partial charge in [0.15, 0.2) is 0 Å². The Morgan fingerprint density at radius 2 is 2.17 bits per heavy atom. The Bertz CT molecular complexity index is 422. The van der Waals surface area contributed by atoms with Gasteiger partial charge in [0.05, 0.1) is 0 Å². The van der Waals surface area contributed by atoms with Crippen molar-refractivity contribution in [2.75, 3.05) is 6.54 Å². The van der Waals surface area contributed by atoms with Gasteiger partial charge in [-0.1, -0.05) is 12.8 Å². The van der Waals surface area contributed by atoms with E-state index in [9.17, 15) is 4.79 Å². The van der Waals surface area contributed by atoms with Gasteiger partial charge in [0.2, 0.25) is 0 Å². The first-order chi connectivity index (χ1) is 8.70. The summed E-state index contributed by atoms with van der Waals surface area (Å²) >= 11 is 3.38. The smallest absolute Gasteiger partial charge is 0.140 e. The Hall–Kier alpha value is -0.740. The van der Waals surface area contributed by atoms with Crippen LogP contribution in [0.1, 0.15) is 31.2 Å². The van der Waals surface area contributed by atoms with Gasteiger partial charge in [0, 0.05) is 29.2 Å². The molecular weight excluding hydrogens is 292 g/mol. The van der Waals surface area contributed by atoms with E-state index in [0.717, 1.165) is 29.3 Å². The van der Waals surface area contributed by atoms with Gasteiger partial charge in [-0.15, -0.1) is 0 Å². The maximum atomic E-state index is 12.3. The van der Waals surface area contributed by atoms with Crippen LogP contribution < -0.4 is 5.73 Å². The van der Waals surface area contributed by atoms with E-state index in [0.29, 0.717) is 24.7 Å². The minimum atomic E-state index is 0.155. The predicted molar refractivity (Wildman–Crippen MR) is 75.2 cm³/mol. The molecule has 0 bridgehead atoms. The number of Topliss-reactive ketones (excluding diaryl/α,β-unsaturated/α-hetero) is 1. The molecule has 2 N–H and O–H groups in total. The van der Waals surface area contributed by atoms with Crippen molar-refractivity contribution >= 4 is 21.7 Å². The molecule has 1 aromatic heterocycles. The van der Waals surface area contributed by atoms with Crippen LogP contribution in [0.5, 0.6) is 0 Å². The van der Waals surface area contributed by atoms with Crippen LogP contribution in [0, 0.1) is 11.8 Å². The van der Waals surface area contributed by atoms with Crippen LogP contribution in [-0.2, 0) is 11.2 Å². The molecule has 3 nitrogen and oxygen atoms in total. The second-order valence-corrected chi connectivity index (χ2v) is 5.96. The highest BCUT2D eigenvalue weighted by molar-refractivity contribution is 9.10. The molecule has 0 aliphatic heterocycles. The number of rotatable bonds is 4. The number of nitrogens with zero attached hydrogens (tertiary/aromatic N) is 1. The summed E-state index contributed by atoms with van der Waals surface area (Å²) in [7, 11) is 0. The molecule has 2 atom stereocenters. The van der Waals surface area contributed by atoms with Crippen molar-refractivity contribution in [1.29, 1.82) is 0 Å². The highest BCUT2D eigenvalue weighted by Crippen LogP contribution is 2.30. The molecule has 1 aliphatic carbocycles. The second-order valence-electron chi connectivity index (χ2n) is 5.04. The summed E-state index contributed by atoms with van der Waals surface area (Å²) < 4.78 is 0.923. The highest BCUT2D eigenvalue weighted by atomic mass is 79.9. The van der Waals surface area contributed by atoms with E-state index in [1.54, 1.807) is 12.4 Å². The summed E-state index contributed by atoms with van der Waals surface area (Å²) in [4.78, 5) is 16.4. The van der Waals surface area contributed by atoms with Gasteiger partial charge in [-0.25, -0.2) is 0 Å². The number of ketones is 1. The zero-order valence-electron chi connectivity index (χ0n) is 10.4. The molecule has 0 spiro atoms. The van der Waals surface area contributed by atoms with E-state index >= 15 is 0 Å². The maximum absolute atomic E-state index is 12.3. The number of hydrogen-bond acceptors (Lipinski definition) is 3. The number of carbonyl (C=O) groups excluding carboxylic acids is 1. The van der Waals surface area contributed by atoms with Crippen molar-refractivity contribution in [2.45, 2.75) is 32.1 Å². The average molecular weight is 311 g/mol. The van der Waals surface area contributed by atoms with Crippen molar-refractivity contribution in [1.82, 2.24) is 4.98 Å². The number of aromatic nitrogens is 1. The molecular formula is C14H19BrN2O. The molecule has 0 amide bonds. The van der Waals surface area contributed by atoms with E-state index < -0.39 is 0 Å². The van der Waals surface area contributed by atoms with Crippen LogP contribution in [0.15, 0.2) is 22.9 Å². The largest absolute Gasteiger partial charge is 0.330 e. The fraction of sp³-hybridized carbons (Fsp3) is 0.571.